The first-order chi connectivity index (χ1) is 12.1. The third-order valence-corrected chi connectivity index (χ3v) is 4.33. The van der Waals surface area contributed by atoms with E-state index < -0.39 is 5.97 Å². The van der Waals surface area contributed by atoms with E-state index in [-0.39, 0.29) is 0 Å². The van der Waals surface area contributed by atoms with E-state index in [0.29, 0.717) is 6.42 Å². The Bertz CT molecular complexity index is 347. The predicted octanol–water partition coefficient (Wildman–Crippen LogP) is 6.60. The molecule has 0 bridgehead atoms. The molecule has 1 heterocycles. The van der Waals surface area contributed by atoms with Crippen LogP contribution in [0.1, 0.15) is 104 Å². The third kappa shape index (κ3) is 22.7. The van der Waals surface area contributed by atoms with Gasteiger partial charge < -0.3 is 10.1 Å². The maximum atomic E-state index is 10.3. The first kappa shape index (κ1) is 23.7. The summed E-state index contributed by atoms with van der Waals surface area (Å²) in [5, 5.41) is 8.52. The van der Waals surface area contributed by atoms with Gasteiger partial charge in [-0.05, 0) is 12.3 Å². The molecule has 25 heavy (non-hydrogen) atoms. The molecule has 0 saturated heterocycles. The number of nitrogens with one attached hydrogen (secondary N) is 1. The van der Waals surface area contributed by atoms with E-state index in [9.17, 15) is 4.79 Å². The van der Waals surface area contributed by atoms with Crippen molar-refractivity contribution in [3.05, 3.63) is 18.7 Å². The zero-order valence-corrected chi connectivity index (χ0v) is 16.5. The van der Waals surface area contributed by atoms with Gasteiger partial charge in [-0.1, -0.05) is 90.9 Å². The number of carbonyl (C=O) groups is 1. The Kier molecular flexibility index (Phi) is 18.0. The van der Waals surface area contributed by atoms with Gasteiger partial charge in [-0.15, -0.1) is 0 Å². The summed E-state index contributed by atoms with van der Waals surface area (Å²) in [6.07, 6.45) is 22.4. The number of hydrogen-bond donors (Lipinski definition) is 2. The van der Waals surface area contributed by atoms with Crippen molar-refractivity contribution in [1.29, 1.82) is 0 Å². The number of nitrogens with zero attached hydrogens (tertiary/aromatic N) is 1. The molecule has 0 aromatic carbocycles. The number of hydrogen-bond acceptors (Lipinski definition) is 2. The third-order valence-electron chi connectivity index (χ3n) is 4.33. The highest BCUT2D eigenvalue weighted by Gasteiger charge is 1.97. The quantitative estimate of drug-likeness (QED) is 0.349. The van der Waals surface area contributed by atoms with Gasteiger partial charge in [-0.25, -0.2) is 4.98 Å². The van der Waals surface area contributed by atoms with Gasteiger partial charge in [0.1, 0.15) is 0 Å². The predicted molar refractivity (Wildman–Crippen MR) is 106 cm³/mol. The van der Waals surface area contributed by atoms with Crippen molar-refractivity contribution in [2.24, 2.45) is 5.92 Å². The summed E-state index contributed by atoms with van der Waals surface area (Å²) in [6.45, 7) is 4.61. The van der Waals surface area contributed by atoms with Gasteiger partial charge in [0.05, 0.1) is 6.33 Å². The van der Waals surface area contributed by atoms with Crippen LogP contribution in [-0.4, -0.2) is 21.0 Å². The Balaban J connectivity index is 0.000000972. The lowest BCUT2D eigenvalue weighted by Gasteiger charge is -2.04. The van der Waals surface area contributed by atoms with Gasteiger partial charge in [-0.2, -0.15) is 0 Å². The normalized spacial score (nSPS) is 10.5. The number of rotatable bonds is 15. The van der Waals surface area contributed by atoms with Gasteiger partial charge >= 0.3 is 5.97 Å². The second kappa shape index (κ2) is 19.0. The molecule has 0 unspecified atom stereocenters. The van der Waals surface area contributed by atoms with Gasteiger partial charge in [0, 0.05) is 18.8 Å². The number of H-pyrrole nitrogens is 1. The molecule has 0 amide bonds. The molecule has 0 atom stereocenters. The molecule has 0 spiro atoms. The Morgan fingerprint density at radius 2 is 1.36 bits per heavy atom. The first-order valence-electron chi connectivity index (χ1n) is 10.3. The summed E-state index contributed by atoms with van der Waals surface area (Å²) < 4.78 is 0. The standard InChI is InChI=1S/C18H36O2.C3H4N2/c1-17(2)15-13-11-9-7-5-3-4-6-8-10-12-14-16-18(19)20;1-2-5-3-4-1/h17H,3-16H2,1-2H3,(H,19,20);1-3H,(H,4,5). The fourth-order valence-electron chi connectivity index (χ4n) is 2.81. The van der Waals surface area contributed by atoms with Gasteiger partial charge in [-0.3, -0.25) is 4.79 Å². The molecular formula is C21H40N2O2. The second-order valence-corrected chi connectivity index (χ2v) is 7.33. The summed E-state index contributed by atoms with van der Waals surface area (Å²) in [5.41, 5.74) is 0. The van der Waals surface area contributed by atoms with Crippen molar-refractivity contribution in [3.8, 4) is 0 Å². The van der Waals surface area contributed by atoms with Crippen LogP contribution in [0.15, 0.2) is 18.7 Å². The fraction of sp³-hybridized carbons (Fsp3) is 0.810. The van der Waals surface area contributed by atoms with E-state index in [1.165, 1.54) is 70.6 Å². The molecule has 0 radical (unpaired) electrons. The lowest BCUT2D eigenvalue weighted by atomic mass is 10.0. The van der Waals surface area contributed by atoms with Gasteiger partial charge in [0.15, 0.2) is 0 Å². The highest BCUT2D eigenvalue weighted by Crippen LogP contribution is 2.14. The van der Waals surface area contributed by atoms with Gasteiger partial charge in [0.2, 0.25) is 0 Å². The molecule has 0 aliphatic carbocycles. The molecule has 0 aliphatic heterocycles. The molecular weight excluding hydrogens is 312 g/mol. The fourth-order valence-corrected chi connectivity index (χ4v) is 2.81. The summed E-state index contributed by atoms with van der Waals surface area (Å²) in [6, 6.07) is 0. The number of unbranched alkanes of at least 4 members (excludes halogenated alkanes) is 11. The highest BCUT2D eigenvalue weighted by molar-refractivity contribution is 5.66. The zero-order valence-electron chi connectivity index (χ0n) is 16.5. The summed E-state index contributed by atoms with van der Waals surface area (Å²) >= 11 is 0. The van der Waals surface area contributed by atoms with Crippen LogP contribution in [0.25, 0.3) is 0 Å². The number of carboxylic acid groups (broad SMARTS) is 1. The summed E-state index contributed by atoms with van der Waals surface area (Å²) in [5.74, 6) is 0.212. The van der Waals surface area contributed by atoms with Crippen LogP contribution >= 0.6 is 0 Å². The highest BCUT2D eigenvalue weighted by atomic mass is 16.4. The molecule has 1 rings (SSSR count). The van der Waals surface area contributed by atoms with Crippen molar-refractivity contribution in [2.45, 2.75) is 104 Å². The lowest BCUT2D eigenvalue weighted by Crippen LogP contribution is -1.93. The number of aromatic nitrogens is 2. The Labute approximate surface area is 154 Å². The van der Waals surface area contributed by atoms with E-state index in [0.717, 1.165) is 18.8 Å². The number of imidazole rings is 1. The monoisotopic (exact) mass is 352 g/mol. The Morgan fingerprint density at radius 1 is 0.880 bits per heavy atom. The SMILES string of the molecule is CC(C)CCCCCCCCCCCCCCC(=O)O.c1c[nH]cn1. The summed E-state index contributed by atoms with van der Waals surface area (Å²) in [7, 11) is 0. The van der Waals surface area contributed by atoms with E-state index in [1.807, 2.05) is 0 Å². The topological polar surface area (TPSA) is 66.0 Å². The minimum Gasteiger partial charge on any atom is -0.481 e. The van der Waals surface area contributed by atoms with E-state index in [2.05, 4.69) is 23.8 Å². The molecule has 0 aliphatic rings. The number of carboxylic acids is 1. The van der Waals surface area contributed by atoms with Crippen LogP contribution in [0.3, 0.4) is 0 Å². The molecule has 1 aromatic rings. The van der Waals surface area contributed by atoms with Crippen molar-refractivity contribution >= 4 is 5.97 Å². The van der Waals surface area contributed by atoms with E-state index >= 15 is 0 Å². The van der Waals surface area contributed by atoms with Crippen LogP contribution < -0.4 is 0 Å². The Hall–Kier alpha value is -1.32. The average Bonchev–Trinajstić information content (AvgIpc) is 3.14. The van der Waals surface area contributed by atoms with Crippen molar-refractivity contribution in [3.63, 3.8) is 0 Å². The second-order valence-electron chi connectivity index (χ2n) is 7.33. The van der Waals surface area contributed by atoms with Crippen molar-refractivity contribution in [2.75, 3.05) is 0 Å². The minimum atomic E-state index is -0.654. The molecule has 4 nitrogen and oxygen atoms in total. The van der Waals surface area contributed by atoms with E-state index in [4.69, 9.17) is 5.11 Å². The molecule has 1 aromatic heterocycles. The first-order valence-corrected chi connectivity index (χ1v) is 10.3. The van der Waals surface area contributed by atoms with Crippen LogP contribution in [0.5, 0.6) is 0 Å². The van der Waals surface area contributed by atoms with Crippen LogP contribution in [0, 0.1) is 5.92 Å². The van der Waals surface area contributed by atoms with Crippen molar-refractivity contribution < 1.29 is 9.90 Å². The lowest BCUT2D eigenvalue weighted by molar-refractivity contribution is -0.137. The number of aliphatic carboxylic acids is 1. The largest absolute Gasteiger partial charge is 0.481 e. The molecule has 146 valence electrons. The smallest absolute Gasteiger partial charge is 0.303 e. The minimum absolute atomic E-state index is 0.344. The zero-order chi connectivity index (χ0) is 18.6. The van der Waals surface area contributed by atoms with Crippen molar-refractivity contribution in [1.82, 2.24) is 9.97 Å². The van der Waals surface area contributed by atoms with Crippen LogP contribution in [-0.2, 0) is 4.79 Å². The Morgan fingerprint density at radius 3 is 1.68 bits per heavy atom. The van der Waals surface area contributed by atoms with Gasteiger partial charge in [0.25, 0.3) is 0 Å². The molecule has 0 saturated carbocycles. The number of aromatic amines is 1. The van der Waals surface area contributed by atoms with Crippen LogP contribution in [0.4, 0.5) is 0 Å². The van der Waals surface area contributed by atoms with Crippen LogP contribution in [0.2, 0.25) is 0 Å². The summed E-state index contributed by atoms with van der Waals surface area (Å²) in [4.78, 5) is 16.8. The molecule has 4 heteroatoms. The maximum absolute atomic E-state index is 10.3. The maximum Gasteiger partial charge on any atom is 0.303 e. The molecule has 0 fully saturated rings. The molecule has 2 N–H and O–H groups in total. The average molecular weight is 353 g/mol. The van der Waals surface area contributed by atoms with E-state index in [1.54, 1.807) is 18.7 Å².